The fourth-order valence-corrected chi connectivity index (χ4v) is 2.75. The van der Waals surface area contributed by atoms with Gasteiger partial charge in [0.25, 0.3) is 0 Å². The Balaban J connectivity index is 2.35. The van der Waals surface area contributed by atoms with E-state index in [9.17, 15) is 5.11 Å². The fourth-order valence-electron chi connectivity index (χ4n) is 2.75. The fraction of sp³-hybridized carbons (Fsp3) is 1.00. The summed E-state index contributed by atoms with van der Waals surface area (Å²) >= 11 is 0. The zero-order valence-corrected chi connectivity index (χ0v) is 10.6. The molecule has 1 saturated carbocycles. The van der Waals surface area contributed by atoms with Gasteiger partial charge in [0.1, 0.15) is 0 Å². The van der Waals surface area contributed by atoms with Gasteiger partial charge in [0.15, 0.2) is 0 Å². The van der Waals surface area contributed by atoms with Crippen molar-refractivity contribution < 1.29 is 9.84 Å². The Morgan fingerprint density at radius 2 is 2.07 bits per heavy atom. The monoisotopic (exact) mass is 214 g/mol. The highest BCUT2D eigenvalue weighted by molar-refractivity contribution is 4.83. The Morgan fingerprint density at radius 3 is 2.60 bits per heavy atom. The second-order valence-electron chi connectivity index (χ2n) is 5.93. The molecule has 0 spiro atoms. The van der Waals surface area contributed by atoms with E-state index in [4.69, 9.17) is 4.74 Å². The topological polar surface area (TPSA) is 29.5 Å². The minimum absolute atomic E-state index is 0.287. The molecule has 0 saturated heterocycles. The van der Waals surface area contributed by atoms with Crippen LogP contribution in [0.4, 0.5) is 0 Å². The summed E-state index contributed by atoms with van der Waals surface area (Å²) < 4.78 is 5.79. The van der Waals surface area contributed by atoms with Crippen LogP contribution in [0.25, 0.3) is 0 Å². The summed E-state index contributed by atoms with van der Waals surface area (Å²) in [5, 5.41) is 9.46. The van der Waals surface area contributed by atoms with Gasteiger partial charge in [-0.15, -0.1) is 0 Å². The lowest BCUT2D eigenvalue weighted by Crippen LogP contribution is -2.34. The van der Waals surface area contributed by atoms with E-state index in [1.165, 1.54) is 6.42 Å². The average molecular weight is 214 g/mol. The highest BCUT2D eigenvalue weighted by Crippen LogP contribution is 2.39. The first kappa shape index (κ1) is 13.0. The number of ether oxygens (including phenoxy) is 1. The van der Waals surface area contributed by atoms with Gasteiger partial charge in [0.05, 0.1) is 18.8 Å². The first-order valence-electron chi connectivity index (χ1n) is 6.22. The van der Waals surface area contributed by atoms with Crippen LogP contribution in [0.1, 0.15) is 53.4 Å². The third kappa shape index (κ3) is 4.52. The van der Waals surface area contributed by atoms with Crippen LogP contribution in [-0.2, 0) is 4.74 Å². The van der Waals surface area contributed by atoms with E-state index < -0.39 is 0 Å². The summed E-state index contributed by atoms with van der Waals surface area (Å²) in [6.07, 6.45) is 4.43. The maximum absolute atomic E-state index is 9.46. The van der Waals surface area contributed by atoms with Gasteiger partial charge in [-0.2, -0.15) is 0 Å². The standard InChI is InChI=1S/C13H26O2/c1-5-11(14)9-15-12-6-10(2)7-13(3,4)8-12/h10-12,14H,5-9H2,1-4H3. The van der Waals surface area contributed by atoms with E-state index in [0.29, 0.717) is 18.1 Å². The zero-order chi connectivity index (χ0) is 11.5. The number of rotatable bonds is 4. The number of hydrogen-bond acceptors (Lipinski definition) is 2. The second-order valence-corrected chi connectivity index (χ2v) is 5.93. The molecule has 1 rings (SSSR count). The Kier molecular flexibility index (Phi) is 4.60. The van der Waals surface area contributed by atoms with Crippen molar-refractivity contribution in [2.24, 2.45) is 11.3 Å². The molecule has 1 aliphatic carbocycles. The van der Waals surface area contributed by atoms with Crippen molar-refractivity contribution >= 4 is 0 Å². The largest absolute Gasteiger partial charge is 0.391 e. The maximum Gasteiger partial charge on any atom is 0.0771 e. The molecule has 3 atom stereocenters. The molecule has 0 amide bonds. The Labute approximate surface area is 94.0 Å². The third-order valence-corrected chi connectivity index (χ3v) is 3.34. The predicted molar refractivity (Wildman–Crippen MR) is 62.8 cm³/mol. The lowest BCUT2D eigenvalue weighted by molar-refractivity contribution is -0.0560. The van der Waals surface area contributed by atoms with E-state index >= 15 is 0 Å². The van der Waals surface area contributed by atoms with Crippen molar-refractivity contribution in [3.63, 3.8) is 0 Å². The quantitative estimate of drug-likeness (QED) is 0.779. The van der Waals surface area contributed by atoms with E-state index in [0.717, 1.165) is 25.2 Å². The molecule has 0 bridgehead atoms. The van der Waals surface area contributed by atoms with Gasteiger partial charge in [-0.25, -0.2) is 0 Å². The van der Waals surface area contributed by atoms with E-state index in [1.807, 2.05) is 6.92 Å². The SMILES string of the molecule is CCC(O)COC1CC(C)CC(C)(C)C1. The van der Waals surface area contributed by atoms with Gasteiger partial charge in [0.2, 0.25) is 0 Å². The molecular weight excluding hydrogens is 188 g/mol. The van der Waals surface area contributed by atoms with E-state index in [1.54, 1.807) is 0 Å². The smallest absolute Gasteiger partial charge is 0.0771 e. The van der Waals surface area contributed by atoms with Crippen LogP contribution < -0.4 is 0 Å². The lowest BCUT2D eigenvalue weighted by Gasteiger charge is -2.39. The molecule has 3 unspecified atom stereocenters. The van der Waals surface area contributed by atoms with Gasteiger partial charge >= 0.3 is 0 Å². The third-order valence-electron chi connectivity index (χ3n) is 3.34. The first-order valence-corrected chi connectivity index (χ1v) is 6.22. The van der Waals surface area contributed by atoms with Crippen LogP contribution in [0.5, 0.6) is 0 Å². The van der Waals surface area contributed by atoms with Crippen LogP contribution in [0, 0.1) is 11.3 Å². The van der Waals surface area contributed by atoms with Crippen molar-refractivity contribution in [3.8, 4) is 0 Å². The Morgan fingerprint density at radius 1 is 1.40 bits per heavy atom. The maximum atomic E-state index is 9.46. The predicted octanol–water partition coefficient (Wildman–Crippen LogP) is 2.99. The molecular formula is C13H26O2. The molecule has 0 aliphatic heterocycles. The minimum atomic E-state index is -0.287. The molecule has 0 radical (unpaired) electrons. The van der Waals surface area contributed by atoms with Gasteiger partial charge in [-0.1, -0.05) is 27.7 Å². The Bertz CT molecular complexity index is 189. The van der Waals surface area contributed by atoms with Gasteiger partial charge in [-0.3, -0.25) is 0 Å². The summed E-state index contributed by atoms with van der Waals surface area (Å²) in [6, 6.07) is 0. The molecule has 0 aromatic carbocycles. The number of hydrogen-bond donors (Lipinski definition) is 1. The van der Waals surface area contributed by atoms with E-state index in [2.05, 4.69) is 20.8 Å². The van der Waals surface area contributed by atoms with Gasteiger partial charge in [-0.05, 0) is 37.0 Å². The Hall–Kier alpha value is -0.0800. The van der Waals surface area contributed by atoms with Crippen molar-refractivity contribution in [1.82, 2.24) is 0 Å². The molecule has 0 aromatic heterocycles. The normalized spacial score (nSPS) is 32.6. The van der Waals surface area contributed by atoms with Gasteiger partial charge in [0, 0.05) is 0 Å². The molecule has 1 fully saturated rings. The minimum Gasteiger partial charge on any atom is -0.391 e. The molecule has 1 aliphatic rings. The summed E-state index contributed by atoms with van der Waals surface area (Å²) in [6.45, 7) is 9.42. The lowest BCUT2D eigenvalue weighted by atomic mass is 9.71. The second kappa shape index (κ2) is 5.31. The average Bonchev–Trinajstić information content (AvgIpc) is 2.11. The van der Waals surface area contributed by atoms with Crippen LogP contribution in [0.3, 0.4) is 0 Å². The molecule has 1 N–H and O–H groups in total. The van der Waals surface area contributed by atoms with Gasteiger partial charge < -0.3 is 9.84 Å². The summed E-state index contributed by atoms with van der Waals surface area (Å²) in [5.41, 5.74) is 0.402. The van der Waals surface area contributed by atoms with Crippen molar-refractivity contribution in [2.75, 3.05) is 6.61 Å². The first-order chi connectivity index (χ1) is 6.93. The summed E-state index contributed by atoms with van der Waals surface area (Å²) in [7, 11) is 0. The molecule has 0 heterocycles. The van der Waals surface area contributed by atoms with E-state index in [-0.39, 0.29) is 6.10 Å². The number of aliphatic hydroxyl groups is 1. The zero-order valence-electron chi connectivity index (χ0n) is 10.6. The molecule has 90 valence electrons. The van der Waals surface area contributed by atoms with Crippen LogP contribution >= 0.6 is 0 Å². The molecule has 15 heavy (non-hydrogen) atoms. The molecule has 0 aromatic rings. The summed E-state index contributed by atoms with van der Waals surface area (Å²) in [4.78, 5) is 0. The molecule has 2 heteroatoms. The van der Waals surface area contributed by atoms with Crippen LogP contribution in [0.15, 0.2) is 0 Å². The van der Waals surface area contributed by atoms with Crippen LogP contribution in [0.2, 0.25) is 0 Å². The highest BCUT2D eigenvalue weighted by atomic mass is 16.5. The van der Waals surface area contributed by atoms with Crippen LogP contribution in [-0.4, -0.2) is 23.9 Å². The summed E-state index contributed by atoms with van der Waals surface area (Å²) in [5.74, 6) is 0.748. The van der Waals surface area contributed by atoms with Crippen molar-refractivity contribution in [1.29, 1.82) is 0 Å². The highest BCUT2D eigenvalue weighted by Gasteiger charge is 2.32. The molecule has 2 nitrogen and oxygen atoms in total. The van der Waals surface area contributed by atoms with Crippen molar-refractivity contribution in [2.45, 2.75) is 65.6 Å². The number of aliphatic hydroxyl groups excluding tert-OH is 1. The van der Waals surface area contributed by atoms with Crippen molar-refractivity contribution in [3.05, 3.63) is 0 Å².